The molecule has 0 aliphatic heterocycles. The monoisotopic (exact) mass is 211 g/mol. The van der Waals surface area contributed by atoms with Gasteiger partial charge in [0.1, 0.15) is 4.83 Å². The third kappa shape index (κ3) is 2.15. The Labute approximate surface area is 74.6 Å². The Kier molecular flexibility index (Phi) is 2.83. The minimum Gasteiger partial charge on any atom is -0.293 e. The Bertz CT molecular complexity index is 241. The van der Waals surface area contributed by atoms with Gasteiger partial charge in [-0.25, -0.2) is 0 Å². The van der Waals surface area contributed by atoms with E-state index in [0.29, 0.717) is 4.83 Å². The van der Waals surface area contributed by atoms with Gasteiger partial charge in [-0.2, -0.15) is 0 Å². The van der Waals surface area contributed by atoms with Crippen LogP contribution in [0.5, 0.6) is 0 Å². The van der Waals surface area contributed by atoms with Gasteiger partial charge in [0.05, 0.1) is 0 Å². The predicted molar refractivity (Wildman–Crippen MR) is 48.6 cm³/mol. The molecule has 1 aromatic rings. The van der Waals surface area contributed by atoms with Gasteiger partial charge in [0.25, 0.3) is 0 Å². The minimum absolute atomic E-state index is 0.0469. The Morgan fingerprint density at radius 1 is 1.27 bits per heavy atom. The van der Waals surface area contributed by atoms with E-state index in [2.05, 4.69) is 15.9 Å². The third-order valence-corrected chi connectivity index (χ3v) is 1.71. The van der Waals surface area contributed by atoms with Crippen LogP contribution in [0.2, 0.25) is 0 Å². The Morgan fingerprint density at radius 3 is 2.27 bits per heavy atom. The van der Waals surface area contributed by atoms with Crippen LogP contribution in [-0.2, 0) is 0 Å². The minimum atomic E-state index is 0.0469. The van der Waals surface area contributed by atoms with Gasteiger partial charge < -0.3 is 0 Å². The lowest BCUT2D eigenvalue weighted by Crippen LogP contribution is -2.01. The topological polar surface area (TPSA) is 17.1 Å². The van der Waals surface area contributed by atoms with Crippen LogP contribution in [0.4, 0.5) is 0 Å². The van der Waals surface area contributed by atoms with Crippen LogP contribution >= 0.6 is 15.9 Å². The summed E-state index contributed by atoms with van der Waals surface area (Å²) in [5.74, 6) is 0.0469. The normalized spacial score (nSPS) is 10.1. The highest BCUT2D eigenvalue weighted by Gasteiger charge is 2.10. The summed E-state index contributed by atoms with van der Waals surface area (Å²) >= 11 is 3.14. The summed E-state index contributed by atoms with van der Waals surface area (Å²) in [5, 5.41) is 0. The first-order chi connectivity index (χ1) is 5.22. The molecule has 1 aromatic carbocycles. The molecule has 0 atom stereocenters. The lowest BCUT2D eigenvalue weighted by molar-refractivity contribution is 0.102. The molecule has 0 amide bonds. The molecule has 0 spiro atoms. The maximum Gasteiger partial charge on any atom is 0.181 e. The van der Waals surface area contributed by atoms with Crippen molar-refractivity contribution in [2.45, 2.75) is 6.92 Å². The van der Waals surface area contributed by atoms with Crippen molar-refractivity contribution in [2.75, 3.05) is 0 Å². The van der Waals surface area contributed by atoms with Crippen molar-refractivity contribution in [3.8, 4) is 0 Å². The van der Waals surface area contributed by atoms with Crippen molar-refractivity contribution < 1.29 is 4.79 Å². The van der Waals surface area contributed by atoms with E-state index >= 15 is 0 Å². The van der Waals surface area contributed by atoms with Crippen LogP contribution in [0.25, 0.3) is 0 Å². The van der Waals surface area contributed by atoms with E-state index in [-0.39, 0.29) is 5.78 Å². The fraction of sp³-hybridized carbons (Fsp3) is 0.111. The molecule has 57 valence electrons. The first-order valence-corrected chi connectivity index (χ1v) is 4.10. The number of hydrogen-bond acceptors (Lipinski definition) is 1. The molecule has 0 aromatic heterocycles. The second kappa shape index (κ2) is 3.67. The molecule has 0 aliphatic rings. The van der Waals surface area contributed by atoms with Crippen molar-refractivity contribution in [2.24, 2.45) is 0 Å². The van der Waals surface area contributed by atoms with Crippen molar-refractivity contribution in [3.63, 3.8) is 0 Å². The van der Waals surface area contributed by atoms with Gasteiger partial charge in [0.15, 0.2) is 5.78 Å². The molecular formula is C9H8BrO. The zero-order chi connectivity index (χ0) is 8.27. The number of Topliss-reactive ketones (excluding diaryl/α,β-unsaturated/α-hetero) is 1. The van der Waals surface area contributed by atoms with Crippen molar-refractivity contribution >= 4 is 21.7 Å². The Hall–Kier alpha value is -0.630. The highest BCUT2D eigenvalue weighted by Crippen LogP contribution is 2.15. The number of rotatable bonds is 2. The van der Waals surface area contributed by atoms with Gasteiger partial charge in [-0.15, -0.1) is 0 Å². The van der Waals surface area contributed by atoms with Crippen LogP contribution in [0.3, 0.4) is 0 Å². The number of ketones is 1. The summed E-state index contributed by atoms with van der Waals surface area (Å²) in [6.07, 6.45) is 0. The van der Waals surface area contributed by atoms with Crippen LogP contribution in [-0.4, -0.2) is 5.78 Å². The first-order valence-electron chi connectivity index (χ1n) is 3.30. The lowest BCUT2D eigenvalue weighted by atomic mass is 10.1. The van der Waals surface area contributed by atoms with E-state index in [1.54, 1.807) is 19.1 Å². The number of benzene rings is 1. The largest absolute Gasteiger partial charge is 0.293 e. The lowest BCUT2D eigenvalue weighted by Gasteiger charge is -1.99. The molecule has 0 fully saturated rings. The molecule has 0 N–H and O–H groups in total. The van der Waals surface area contributed by atoms with Gasteiger partial charge in [-0.3, -0.25) is 4.79 Å². The summed E-state index contributed by atoms with van der Waals surface area (Å²) in [6, 6.07) is 9.19. The second-order valence-corrected chi connectivity index (χ2v) is 3.42. The number of halogens is 1. The van der Waals surface area contributed by atoms with Crippen molar-refractivity contribution in [1.29, 1.82) is 0 Å². The standard InChI is InChI=1S/C9H8BrO/c1-7(10)9(11)8-5-3-2-4-6-8/h2-6H,1H3. The molecule has 1 radical (unpaired) electrons. The Morgan fingerprint density at radius 2 is 1.82 bits per heavy atom. The van der Waals surface area contributed by atoms with Crippen LogP contribution in [0.1, 0.15) is 17.3 Å². The van der Waals surface area contributed by atoms with Gasteiger partial charge in [0, 0.05) is 5.56 Å². The van der Waals surface area contributed by atoms with Gasteiger partial charge in [0.2, 0.25) is 0 Å². The predicted octanol–water partition coefficient (Wildman–Crippen LogP) is 2.82. The van der Waals surface area contributed by atoms with Gasteiger partial charge >= 0.3 is 0 Å². The van der Waals surface area contributed by atoms with E-state index in [9.17, 15) is 4.79 Å². The molecular weight excluding hydrogens is 204 g/mol. The summed E-state index contributed by atoms with van der Waals surface area (Å²) in [4.78, 5) is 11.9. The fourth-order valence-electron chi connectivity index (χ4n) is 0.788. The van der Waals surface area contributed by atoms with E-state index < -0.39 is 0 Å². The zero-order valence-corrected chi connectivity index (χ0v) is 7.76. The molecule has 0 saturated carbocycles. The maximum atomic E-state index is 11.3. The number of carbonyl (C=O) groups is 1. The molecule has 1 nitrogen and oxygen atoms in total. The molecule has 0 heterocycles. The van der Waals surface area contributed by atoms with E-state index in [0.717, 1.165) is 5.56 Å². The fourth-order valence-corrected chi connectivity index (χ4v) is 1.02. The molecule has 2 heteroatoms. The van der Waals surface area contributed by atoms with Gasteiger partial charge in [-0.1, -0.05) is 46.3 Å². The van der Waals surface area contributed by atoms with E-state index in [1.807, 2.05) is 18.2 Å². The maximum absolute atomic E-state index is 11.3. The molecule has 0 aliphatic carbocycles. The Balaban J connectivity index is 2.86. The van der Waals surface area contributed by atoms with Gasteiger partial charge in [-0.05, 0) is 6.92 Å². The first kappa shape index (κ1) is 8.47. The van der Waals surface area contributed by atoms with Crippen LogP contribution in [0.15, 0.2) is 30.3 Å². The molecule has 0 bridgehead atoms. The highest BCUT2D eigenvalue weighted by atomic mass is 79.9. The zero-order valence-electron chi connectivity index (χ0n) is 6.17. The summed E-state index contributed by atoms with van der Waals surface area (Å²) in [7, 11) is 0. The van der Waals surface area contributed by atoms with E-state index in [1.165, 1.54) is 0 Å². The molecule has 0 unspecified atom stereocenters. The quantitative estimate of drug-likeness (QED) is 0.689. The molecule has 1 rings (SSSR count). The number of hydrogen-bond donors (Lipinski definition) is 0. The van der Waals surface area contributed by atoms with Crippen LogP contribution in [0, 0.1) is 4.83 Å². The van der Waals surface area contributed by atoms with Crippen LogP contribution < -0.4 is 0 Å². The summed E-state index contributed by atoms with van der Waals surface area (Å²) in [6.45, 7) is 1.75. The summed E-state index contributed by atoms with van der Waals surface area (Å²) < 4.78 is 0. The molecule has 0 saturated heterocycles. The molecule has 11 heavy (non-hydrogen) atoms. The smallest absolute Gasteiger partial charge is 0.181 e. The number of carbonyl (C=O) groups excluding carboxylic acids is 1. The van der Waals surface area contributed by atoms with Crippen molar-refractivity contribution in [1.82, 2.24) is 0 Å². The second-order valence-electron chi connectivity index (χ2n) is 2.23. The van der Waals surface area contributed by atoms with E-state index in [4.69, 9.17) is 0 Å². The highest BCUT2D eigenvalue weighted by molar-refractivity contribution is 9.11. The average molecular weight is 212 g/mol. The summed E-state index contributed by atoms with van der Waals surface area (Å²) in [5.41, 5.74) is 0.724. The van der Waals surface area contributed by atoms with Crippen molar-refractivity contribution in [3.05, 3.63) is 40.7 Å². The average Bonchev–Trinajstić information content (AvgIpc) is 2.05. The third-order valence-electron chi connectivity index (χ3n) is 1.35. The SMILES string of the molecule is C[C](Br)C(=O)c1ccccc1.